The van der Waals surface area contributed by atoms with Gasteiger partial charge in [0.05, 0.1) is 6.54 Å². The van der Waals surface area contributed by atoms with Crippen LogP contribution in [0.3, 0.4) is 0 Å². The fourth-order valence-electron chi connectivity index (χ4n) is 1.54. The predicted octanol–water partition coefficient (Wildman–Crippen LogP) is 1.23. The lowest BCUT2D eigenvalue weighted by Crippen LogP contribution is -2.22. The first-order valence-corrected chi connectivity index (χ1v) is 6.73. The van der Waals surface area contributed by atoms with Gasteiger partial charge in [-0.2, -0.15) is 0 Å². The van der Waals surface area contributed by atoms with Gasteiger partial charge >= 0.3 is 5.97 Å². The van der Waals surface area contributed by atoms with Crippen LogP contribution < -0.4 is 11.1 Å². The number of thiazole rings is 1. The van der Waals surface area contributed by atoms with E-state index >= 15 is 0 Å². The predicted molar refractivity (Wildman–Crippen MR) is 74.6 cm³/mol. The Morgan fingerprint density at radius 1 is 1.30 bits per heavy atom. The van der Waals surface area contributed by atoms with Gasteiger partial charge in [0.1, 0.15) is 5.01 Å². The minimum Gasteiger partial charge on any atom is -0.476 e. The summed E-state index contributed by atoms with van der Waals surface area (Å²) in [5, 5.41) is 13.4. The molecule has 4 N–H and O–H groups in total. The van der Waals surface area contributed by atoms with E-state index in [0.29, 0.717) is 17.1 Å². The van der Waals surface area contributed by atoms with E-state index in [9.17, 15) is 9.59 Å². The standard InChI is InChI=1S/C13H13N3O3S/c14-5-8-1-3-9(4-2-8)12(17)15-6-11-16-10(7-20-11)13(18)19/h1-4,7H,5-6,14H2,(H,15,17)(H,18,19). The normalized spacial score (nSPS) is 10.2. The van der Waals surface area contributed by atoms with Crippen molar-refractivity contribution in [3.8, 4) is 0 Å². The van der Waals surface area contributed by atoms with E-state index < -0.39 is 5.97 Å². The maximum atomic E-state index is 11.9. The number of carbonyl (C=O) groups is 2. The van der Waals surface area contributed by atoms with Gasteiger partial charge in [0.25, 0.3) is 5.91 Å². The van der Waals surface area contributed by atoms with Gasteiger partial charge < -0.3 is 16.2 Å². The van der Waals surface area contributed by atoms with E-state index in [1.165, 1.54) is 16.7 Å². The van der Waals surface area contributed by atoms with Crippen LogP contribution in [0.25, 0.3) is 0 Å². The van der Waals surface area contributed by atoms with Crippen LogP contribution in [0, 0.1) is 0 Å². The Kier molecular flexibility index (Phi) is 4.44. The van der Waals surface area contributed by atoms with E-state index in [-0.39, 0.29) is 18.1 Å². The zero-order valence-electron chi connectivity index (χ0n) is 10.5. The van der Waals surface area contributed by atoms with Gasteiger partial charge in [0, 0.05) is 17.5 Å². The molecule has 2 aromatic rings. The molecule has 0 atom stereocenters. The second-order valence-electron chi connectivity index (χ2n) is 4.02. The molecule has 0 unspecified atom stereocenters. The molecule has 0 fully saturated rings. The molecule has 0 spiro atoms. The summed E-state index contributed by atoms with van der Waals surface area (Å²) in [6, 6.07) is 6.98. The van der Waals surface area contributed by atoms with Crippen LogP contribution >= 0.6 is 11.3 Å². The highest BCUT2D eigenvalue weighted by atomic mass is 32.1. The molecule has 1 aromatic carbocycles. The number of nitrogens with one attached hydrogen (secondary N) is 1. The van der Waals surface area contributed by atoms with E-state index in [2.05, 4.69) is 10.3 Å². The summed E-state index contributed by atoms with van der Waals surface area (Å²) in [6.45, 7) is 0.633. The van der Waals surface area contributed by atoms with Gasteiger partial charge in [-0.05, 0) is 17.7 Å². The number of amides is 1. The summed E-state index contributed by atoms with van der Waals surface area (Å²) in [4.78, 5) is 26.4. The molecule has 0 aliphatic carbocycles. The zero-order chi connectivity index (χ0) is 14.5. The van der Waals surface area contributed by atoms with E-state index in [1.807, 2.05) is 0 Å². The Labute approximate surface area is 119 Å². The molecule has 0 bridgehead atoms. The van der Waals surface area contributed by atoms with E-state index in [1.54, 1.807) is 24.3 Å². The van der Waals surface area contributed by atoms with Crippen LogP contribution in [0.1, 0.15) is 31.4 Å². The lowest BCUT2D eigenvalue weighted by atomic mass is 10.1. The van der Waals surface area contributed by atoms with Gasteiger partial charge in [-0.3, -0.25) is 4.79 Å². The quantitative estimate of drug-likeness (QED) is 0.768. The van der Waals surface area contributed by atoms with E-state index in [4.69, 9.17) is 10.8 Å². The molecule has 1 heterocycles. The minimum atomic E-state index is -1.07. The molecule has 104 valence electrons. The molecule has 7 heteroatoms. The van der Waals surface area contributed by atoms with Crippen LogP contribution in [-0.2, 0) is 13.1 Å². The molecule has 20 heavy (non-hydrogen) atoms. The highest BCUT2D eigenvalue weighted by Gasteiger charge is 2.10. The Hall–Kier alpha value is -2.25. The lowest BCUT2D eigenvalue weighted by molar-refractivity contribution is 0.0691. The Balaban J connectivity index is 1.95. The number of carbonyl (C=O) groups excluding carboxylic acids is 1. The van der Waals surface area contributed by atoms with Crippen molar-refractivity contribution in [2.75, 3.05) is 0 Å². The SMILES string of the molecule is NCc1ccc(C(=O)NCc2nc(C(=O)O)cs2)cc1. The van der Waals surface area contributed by atoms with Gasteiger partial charge in [0.15, 0.2) is 5.69 Å². The summed E-state index contributed by atoms with van der Waals surface area (Å²) in [7, 11) is 0. The molecular formula is C13H13N3O3S. The number of rotatable bonds is 5. The molecule has 2 rings (SSSR count). The smallest absolute Gasteiger partial charge is 0.355 e. The molecule has 0 saturated heterocycles. The number of benzene rings is 1. The summed E-state index contributed by atoms with van der Waals surface area (Å²) in [5.74, 6) is -1.31. The Bertz CT molecular complexity index is 622. The number of carboxylic acids is 1. The van der Waals surface area contributed by atoms with Crippen molar-refractivity contribution in [3.05, 3.63) is 51.5 Å². The first-order chi connectivity index (χ1) is 9.60. The second kappa shape index (κ2) is 6.27. The fourth-order valence-corrected chi connectivity index (χ4v) is 2.25. The average Bonchev–Trinajstić information content (AvgIpc) is 2.94. The van der Waals surface area contributed by atoms with Crippen LogP contribution in [0.15, 0.2) is 29.6 Å². The van der Waals surface area contributed by atoms with Crippen LogP contribution in [0.4, 0.5) is 0 Å². The van der Waals surface area contributed by atoms with Crippen molar-refractivity contribution in [1.82, 2.24) is 10.3 Å². The molecular weight excluding hydrogens is 278 g/mol. The first kappa shape index (κ1) is 14.2. The van der Waals surface area contributed by atoms with Crippen molar-refractivity contribution in [3.63, 3.8) is 0 Å². The third-order valence-corrected chi connectivity index (χ3v) is 3.47. The third-order valence-electron chi connectivity index (χ3n) is 2.62. The first-order valence-electron chi connectivity index (χ1n) is 5.85. The van der Waals surface area contributed by atoms with Crippen LogP contribution in [0.5, 0.6) is 0 Å². The van der Waals surface area contributed by atoms with Crippen molar-refractivity contribution in [2.24, 2.45) is 5.73 Å². The molecule has 0 aliphatic rings. The Morgan fingerprint density at radius 2 is 2.00 bits per heavy atom. The zero-order valence-corrected chi connectivity index (χ0v) is 11.3. The van der Waals surface area contributed by atoms with Crippen molar-refractivity contribution >= 4 is 23.2 Å². The number of hydrogen-bond donors (Lipinski definition) is 3. The molecule has 0 aliphatic heterocycles. The van der Waals surface area contributed by atoms with Crippen LogP contribution in [0.2, 0.25) is 0 Å². The molecule has 1 aromatic heterocycles. The van der Waals surface area contributed by atoms with Crippen molar-refractivity contribution in [2.45, 2.75) is 13.1 Å². The number of nitrogens with zero attached hydrogens (tertiary/aromatic N) is 1. The summed E-state index contributed by atoms with van der Waals surface area (Å²) in [5.41, 5.74) is 6.95. The minimum absolute atomic E-state index is 0.00783. The molecule has 1 amide bonds. The van der Waals surface area contributed by atoms with Gasteiger partial charge in [0.2, 0.25) is 0 Å². The maximum Gasteiger partial charge on any atom is 0.355 e. The molecule has 6 nitrogen and oxygen atoms in total. The fraction of sp³-hybridized carbons (Fsp3) is 0.154. The van der Waals surface area contributed by atoms with Crippen molar-refractivity contribution < 1.29 is 14.7 Å². The number of nitrogens with two attached hydrogens (primary N) is 1. The largest absolute Gasteiger partial charge is 0.476 e. The van der Waals surface area contributed by atoms with E-state index in [0.717, 1.165) is 5.56 Å². The van der Waals surface area contributed by atoms with Gasteiger partial charge in [-0.25, -0.2) is 9.78 Å². The second-order valence-corrected chi connectivity index (χ2v) is 4.96. The highest BCUT2D eigenvalue weighted by Crippen LogP contribution is 2.10. The number of aromatic nitrogens is 1. The summed E-state index contributed by atoms with van der Waals surface area (Å²) >= 11 is 1.20. The van der Waals surface area contributed by atoms with Gasteiger partial charge in [-0.15, -0.1) is 11.3 Å². The lowest BCUT2D eigenvalue weighted by Gasteiger charge is -2.04. The number of carboxylic acid groups (broad SMARTS) is 1. The number of hydrogen-bond acceptors (Lipinski definition) is 5. The van der Waals surface area contributed by atoms with Crippen LogP contribution in [-0.4, -0.2) is 22.0 Å². The molecule has 0 radical (unpaired) electrons. The topological polar surface area (TPSA) is 105 Å². The maximum absolute atomic E-state index is 11.9. The third kappa shape index (κ3) is 3.40. The van der Waals surface area contributed by atoms with Crippen molar-refractivity contribution in [1.29, 1.82) is 0 Å². The molecule has 0 saturated carbocycles. The average molecular weight is 291 g/mol. The Morgan fingerprint density at radius 3 is 2.55 bits per heavy atom. The summed E-state index contributed by atoms with van der Waals surface area (Å²) in [6.07, 6.45) is 0. The monoisotopic (exact) mass is 291 g/mol. The summed E-state index contributed by atoms with van der Waals surface area (Å²) < 4.78 is 0. The number of aromatic carboxylic acids is 1. The highest BCUT2D eigenvalue weighted by molar-refractivity contribution is 7.09. The van der Waals surface area contributed by atoms with Gasteiger partial charge in [-0.1, -0.05) is 12.1 Å².